The lowest BCUT2D eigenvalue weighted by Crippen LogP contribution is -2.05. The van der Waals surface area contributed by atoms with Gasteiger partial charge in [-0.1, -0.05) is 23.7 Å². The monoisotopic (exact) mass is 293 g/mol. The fraction of sp³-hybridized carbons (Fsp3) is 0.267. The van der Waals surface area contributed by atoms with Crippen molar-refractivity contribution in [1.82, 2.24) is 4.98 Å². The first-order valence-corrected chi connectivity index (χ1v) is 7.50. The molecule has 0 bridgehead atoms. The van der Waals surface area contributed by atoms with Gasteiger partial charge in [0.25, 0.3) is 0 Å². The molecule has 0 spiro atoms. The highest BCUT2D eigenvalue weighted by Gasteiger charge is 2.01. The molecular formula is C15H16ClNOS. The summed E-state index contributed by atoms with van der Waals surface area (Å²) in [6.45, 7) is 4.05. The lowest BCUT2D eigenvalue weighted by molar-refractivity contribution is 0.242. The second-order valence-electron chi connectivity index (χ2n) is 4.42. The summed E-state index contributed by atoms with van der Waals surface area (Å²) in [5, 5.41) is 1.64. The van der Waals surface area contributed by atoms with Gasteiger partial charge in [0.05, 0.1) is 16.2 Å². The van der Waals surface area contributed by atoms with Gasteiger partial charge < -0.3 is 4.74 Å². The van der Waals surface area contributed by atoms with Crippen LogP contribution in [-0.4, -0.2) is 11.1 Å². The molecule has 100 valence electrons. The maximum atomic E-state index is 5.81. The Balaban J connectivity index is 1.97. The van der Waals surface area contributed by atoms with E-state index in [4.69, 9.17) is 16.3 Å². The number of hydrogen-bond donors (Lipinski definition) is 0. The van der Waals surface area contributed by atoms with Crippen LogP contribution in [0.1, 0.15) is 19.4 Å². The highest BCUT2D eigenvalue weighted by atomic mass is 35.5. The van der Waals surface area contributed by atoms with Gasteiger partial charge in [-0.05, 0) is 43.7 Å². The Kier molecular flexibility index (Phi) is 5.11. The first kappa shape index (κ1) is 14.2. The standard InChI is InChI=1S/C15H16ClNOS/c1-11(2)18-14-5-3-4-12(8-14)10-19-15-7-6-13(16)9-17-15/h3-9,11H,10H2,1-2H3. The van der Waals surface area contributed by atoms with Crippen molar-refractivity contribution in [2.75, 3.05) is 0 Å². The molecule has 0 N–H and O–H groups in total. The Bertz CT molecular complexity index is 528. The number of halogens is 1. The molecule has 0 radical (unpaired) electrons. The quantitative estimate of drug-likeness (QED) is 0.738. The number of nitrogens with zero attached hydrogens (tertiary/aromatic N) is 1. The number of ether oxygens (including phenoxy) is 1. The zero-order chi connectivity index (χ0) is 13.7. The summed E-state index contributed by atoms with van der Waals surface area (Å²) in [6.07, 6.45) is 1.86. The van der Waals surface area contributed by atoms with Gasteiger partial charge in [0, 0.05) is 11.9 Å². The van der Waals surface area contributed by atoms with Crippen molar-refractivity contribution in [3.05, 3.63) is 53.2 Å². The van der Waals surface area contributed by atoms with E-state index in [-0.39, 0.29) is 6.10 Å². The van der Waals surface area contributed by atoms with Crippen LogP contribution < -0.4 is 4.74 Å². The average Bonchev–Trinajstić information content (AvgIpc) is 2.38. The van der Waals surface area contributed by atoms with E-state index in [2.05, 4.69) is 17.1 Å². The van der Waals surface area contributed by atoms with E-state index in [1.165, 1.54) is 5.56 Å². The molecule has 1 aromatic heterocycles. The molecule has 0 aliphatic rings. The van der Waals surface area contributed by atoms with E-state index in [1.807, 2.05) is 38.1 Å². The largest absolute Gasteiger partial charge is 0.491 e. The number of aromatic nitrogens is 1. The zero-order valence-electron chi connectivity index (χ0n) is 11.0. The summed E-state index contributed by atoms with van der Waals surface area (Å²) in [6, 6.07) is 12.0. The summed E-state index contributed by atoms with van der Waals surface area (Å²) in [4.78, 5) is 4.26. The van der Waals surface area contributed by atoms with Crippen molar-refractivity contribution in [1.29, 1.82) is 0 Å². The Morgan fingerprint density at radius 1 is 1.26 bits per heavy atom. The van der Waals surface area contributed by atoms with Crippen LogP contribution in [0.4, 0.5) is 0 Å². The third kappa shape index (κ3) is 4.77. The van der Waals surface area contributed by atoms with Crippen LogP contribution in [0, 0.1) is 0 Å². The lowest BCUT2D eigenvalue weighted by Gasteiger charge is -2.10. The van der Waals surface area contributed by atoms with Crippen molar-refractivity contribution >= 4 is 23.4 Å². The minimum atomic E-state index is 0.195. The van der Waals surface area contributed by atoms with Crippen molar-refractivity contribution in [3.8, 4) is 5.75 Å². The van der Waals surface area contributed by atoms with Gasteiger partial charge in [0.1, 0.15) is 5.75 Å². The van der Waals surface area contributed by atoms with Gasteiger partial charge >= 0.3 is 0 Å². The first-order valence-electron chi connectivity index (χ1n) is 6.13. The van der Waals surface area contributed by atoms with E-state index in [9.17, 15) is 0 Å². The van der Waals surface area contributed by atoms with Crippen molar-refractivity contribution in [2.24, 2.45) is 0 Å². The predicted octanol–water partition coefficient (Wildman–Crippen LogP) is 4.81. The second-order valence-corrected chi connectivity index (χ2v) is 5.85. The van der Waals surface area contributed by atoms with E-state index in [1.54, 1.807) is 18.0 Å². The van der Waals surface area contributed by atoms with Crippen molar-refractivity contribution in [3.63, 3.8) is 0 Å². The molecule has 2 aromatic rings. The molecule has 0 aliphatic heterocycles. The van der Waals surface area contributed by atoms with Crippen LogP contribution in [0.3, 0.4) is 0 Å². The van der Waals surface area contributed by atoms with Crippen LogP contribution >= 0.6 is 23.4 Å². The molecule has 2 rings (SSSR count). The fourth-order valence-corrected chi connectivity index (χ4v) is 2.48. The minimum absolute atomic E-state index is 0.195. The maximum Gasteiger partial charge on any atom is 0.119 e. The first-order chi connectivity index (χ1) is 9.13. The Morgan fingerprint density at radius 3 is 2.79 bits per heavy atom. The third-order valence-electron chi connectivity index (χ3n) is 2.36. The molecule has 4 heteroatoms. The third-order valence-corrected chi connectivity index (χ3v) is 3.60. The smallest absolute Gasteiger partial charge is 0.119 e. The van der Waals surface area contributed by atoms with E-state index >= 15 is 0 Å². The lowest BCUT2D eigenvalue weighted by atomic mass is 10.2. The molecule has 0 unspecified atom stereocenters. The molecule has 0 amide bonds. The van der Waals surface area contributed by atoms with Gasteiger partial charge in [-0.15, -0.1) is 11.8 Å². The van der Waals surface area contributed by atoms with Crippen LogP contribution in [0.5, 0.6) is 5.75 Å². The molecule has 0 atom stereocenters. The number of benzene rings is 1. The summed E-state index contributed by atoms with van der Waals surface area (Å²) < 4.78 is 5.68. The van der Waals surface area contributed by atoms with E-state index in [0.717, 1.165) is 16.5 Å². The highest BCUT2D eigenvalue weighted by Crippen LogP contribution is 2.24. The number of pyridine rings is 1. The van der Waals surface area contributed by atoms with Gasteiger partial charge in [-0.2, -0.15) is 0 Å². The summed E-state index contributed by atoms with van der Waals surface area (Å²) in [5.41, 5.74) is 1.22. The van der Waals surface area contributed by atoms with Gasteiger partial charge in [0.15, 0.2) is 0 Å². The molecule has 1 aromatic carbocycles. The summed E-state index contributed by atoms with van der Waals surface area (Å²) in [5.74, 6) is 1.78. The minimum Gasteiger partial charge on any atom is -0.491 e. The molecule has 0 fully saturated rings. The van der Waals surface area contributed by atoms with Gasteiger partial charge in [-0.25, -0.2) is 4.98 Å². The van der Waals surface area contributed by atoms with Crippen LogP contribution in [0.2, 0.25) is 5.02 Å². The van der Waals surface area contributed by atoms with Crippen LogP contribution in [-0.2, 0) is 5.75 Å². The molecule has 2 nitrogen and oxygen atoms in total. The topological polar surface area (TPSA) is 22.1 Å². The second kappa shape index (κ2) is 6.83. The number of thioether (sulfide) groups is 1. The van der Waals surface area contributed by atoms with E-state index in [0.29, 0.717) is 5.02 Å². The number of rotatable bonds is 5. The van der Waals surface area contributed by atoms with Crippen molar-refractivity contribution in [2.45, 2.75) is 30.7 Å². The SMILES string of the molecule is CC(C)Oc1cccc(CSc2ccc(Cl)cn2)c1. The summed E-state index contributed by atoms with van der Waals surface area (Å²) in [7, 11) is 0. The Hall–Kier alpha value is -1.19. The molecule has 0 aliphatic carbocycles. The van der Waals surface area contributed by atoms with E-state index < -0.39 is 0 Å². The van der Waals surface area contributed by atoms with Crippen LogP contribution in [0.25, 0.3) is 0 Å². The predicted molar refractivity (Wildman–Crippen MR) is 81.0 cm³/mol. The highest BCUT2D eigenvalue weighted by molar-refractivity contribution is 7.98. The Morgan fingerprint density at radius 2 is 2.11 bits per heavy atom. The molecule has 0 saturated heterocycles. The number of hydrogen-bond acceptors (Lipinski definition) is 3. The molecule has 0 saturated carbocycles. The van der Waals surface area contributed by atoms with Crippen molar-refractivity contribution < 1.29 is 4.74 Å². The van der Waals surface area contributed by atoms with Crippen LogP contribution in [0.15, 0.2) is 47.6 Å². The summed E-state index contributed by atoms with van der Waals surface area (Å²) >= 11 is 7.49. The fourth-order valence-electron chi connectivity index (χ4n) is 1.59. The Labute approximate surface area is 123 Å². The molecule has 19 heavy (non-hydrogen) atoms. The molecule has 1 heterocycles. The maximum absolute atomic E-state index is 5.81. The van der Waals surface area contributed by atoms with Gasteiger partial charge in [0.2, 0.25) is 0 Å². The normalized spacial score (nSPS) is 10.7. The van der Waals surface area contributed by atoms with Gasteiger partial charge in [-0.3, -0.25) is 0 Å². The molecular weight excluding hydrogens is 278 g/mol. The zero-order valence-corrected chi connectivity index (χ0v) is 12.5. The average molecular weight is 294 g/mol.